The number of benzene rings is 2. The van der Waals surface area contributed by atoms with E-state index in [9.17, 15) is 9.59 Å². The topological polar surface area (TPSA) is 113 Å². The minimum absolute atomic E-state index is 0. The summed E-state index contributed by atoms with van der Waals surface area (Å²) in [4.78, 5) is 29.1. The molecule has 0 fully saturated rings. The summed E-state index contributed by atoms with van der Waals surface area (Å²) in [6.07, 6.45) is 1.45. The van der Waals surface area contributed by atoms with Crippen LogP contribution in [0.2, 0.25) is 0 Å². The number of nitrogens with two attached hydrogens (primary N) is 2. The molecule has 2 aromatic carbocycles. The first-order valence-corrected chi connectivity index (χ1v) is 7.85. The van der Waals surface area contributed by atoms with Gasteiger partial charge in [0.2, 0.25) is 0 Å². The van der Waals surface area contributed by atoms with Crippen molar-refractivity contribution in [1.29, 1.82) is 0 Å². The van der Waals surface area contributed by atoms with Crippen LogP contribution in [0.4, 0.5) is 0 Å². The van der Waals surface area contributed by atoms with Gasteiger partial charge >= 0.3 is 0 Å². The van der Waals surface area contributed by atoms with Crippen LogP contribution in [-0.2, 0) is 0 Å². The average Bonchev–Trinajstić information content (AvgIpc) is 2.61. The maximum atomic E-state index is 13.0. The summed E-state index contributed by atoms with van der Waals surface area (Å²) in [6, 6.07) is 12.3. The number of aryl methyl sites for hydroxylation is 1. The van der Waals surface area contributed by atoms with Gasteiger partial charge in [-0.1, -0.05) is 23.8 Å². The Morgan fingerprint density at radius 2 is 1.85 bits per heavy atom. The Morgan fingerprint density at radius 1 is 1.11 bits per heavy atom. The molecular weight excluding hydrogens is 368 g/mol. The van der Waals surface area contributed by atoms with Crippen LogP contribution in [0.5, 0.6) is 5.75 Å². The highest BCUT2D eigenvalue weighted by atomic mass is 35.5. The number of methoxy groups -OCH3 is 1. The molecular formula is C19H19ClN4O3. The summed E-state index contributed by atoms with van der Waals surface area (Å²) < 4.78 is 6.60. The Hall–Kier alpha value is -3.32. The van der Waals surface area contributed by atoms with Crippen LogP contribution in [-0.4, -0.2) is 23.5 Å². The maximum absolute atomic E-state index is 13.0. The van der Waals surface area contributed by atoms with Crippen LogP contribution in [0.1, 0.15) is 15.9 Å². The van der Waals surface area contributed by atoms with Crippen molar-refractivity contribution in [2.45, 2.75) is 6.92 Å². The number of hydrogen-bond acceptors (Lipinski definition) is 3. The molecule has 0 unspecified atom stereocenters. The van der Waals surface area contributed by atoms with Gasteiger partial charge in [0.15, 0.2) is 5.96 Å². The standard InChI is InChI=1S/C19H18N4O3.ClH/c1-11-6-7-14-15(8-11)16(17(24)22-19(20)21)10-23(18(14)25)12-4-3-5-13(9-12)26-2;/h3-10H,1-2H3,(H4,20,21,22,24);1H. The van der Waals surface area contributed by atoms with Gasteiger partial charge in [-0.3, -0.25) is 14.2 Å². The van der Waals surface area contributed by atoms with E-state index in [-0.39, 0.29) is 29.5 Å². The summed E-state index contributed by atoms with van der Waals surface area (Å²) in [5.74, 6) is -0.359. The number of nitrogens with zero attached hydrogens (tertiary/aromatic N) is 2. The highest BCUT2D eigenvalue weighted by molar-refractivity contribution is 6.10. The number of aromatic nitrogens is 1. The van der Waals surface area contributed by atoms with E-state index in [0.29, 0.717) is 22.2 Å². The molecule has 3 aromatic rings. The average molecular weight is 387 g/mol. The van der Waals surface area contributed by atoms with Crippen molar-refractivity contribution in [3.8, 4) is 11.4 Å². The number of aliphatic imine (C=N–C) groups is 1. The van der Waals surface area contributed by atoms with Gasteiger partial charge in [0.05, 0.1) is 18.4 Å². The third kappa shape index (κ3) is 3.93. The Kier molecular flexibility index (Phi) is 5.87. The quantitative estimate of drug-likeness (QED) is 0.529. The minimum atomic E-state index is -0.614. The Morgan fingerprint density at radius 3 is 2.52 bits per heavy atom. The lowest BCUT2D eigenvalue weighted by Crippen LogP contribution is -2.25. The number of fused-ring (bicyclic) bond motifs is 1. The first-order chi connectivity index (χ1) is 12.4. The van der Waals surface area contributed by atoms with Crippen molar-refractivity contribution in [2.24, 2.45) is 16.5 Å². The Labute approximate surface area is 161 Å². The fraction of sp³-hybridized carbons (Fsp3) is 0.105. The van der Waals surface area contributed by atoms with E-state index in [1.807, 2.05) is 13.0 Å². The lowest BCUT2D eigenvalue weighted by atomic mass is 10.0. The van der Waals surface area contributed by atoms with Crippen LogP contribution < -0.4 is 21.8 Å². The lowest BCUT2D eigenvalue weighted by Gasteiger charge is -2.12. The molecule has 0 aliphatic heterocycles. The minimum Gasteiger partial charge on any atom is -0.497 e. The number of amides is 1. The number of ether oxygens (including phenoxy) is 1. The fourth-order valence-corrected chi connectivity index (χ4v) is 2.75. The number of halogens is 1. The summed E-state index contributed by atoms with van der Waals surface area (Å²) in [6.45, 7) is 1.88. The van der Waals surface area contributed by atoms with Crippen LogP contribution in [0.25, 0.3) is 16.5 Å². The van der Waals surface area contributed by atoms with Gasteiger partial charge in [-0.15, -0.1) is 12.4 Å². The third-order valence-electron chi connectivity index (χ3n) is 3.97. The maximum Gasteiger partial charge on any atom is 0.282 e. The van der Waals surface area contributed by atoms with Crippen molar-refractivity contribution >= 4 is 35.0 Å². The van der Waals surface area contributed by atoms with Gasteiger partial charge in [0.25, 0.3) is 11.5 Å². The van der Waals surface area contributed by atoms with E-state index in [4.69, 9.17) is 16.2 Å². The van der Waals surface area contributed by atoms with Gasteiger partial charge in [0, 0.05) is 23.0 Å². The molecule has 140 valence electrons. The summed E-state index contributed by atoms with van der Waals surface area (Å²) in [5, 5.41) is 0.902. The van der Waals surface area contributed by atoms with Crippen LogP contribution in [0.15, 0.2) is 58.4 Å². The van der Waals surface area contributed by atoms with Crippen LogP contribution in [0.3, 0.4) is 0 Å². The normalized spacial score (nSPS) is 10.1. The molecule has 0 aliphatic carbocycles. The smallest absolute Gasteiger partial charge is 0.282 e. The highest BCUT2D eigenvalue weighted by Gasteiger charge is 2.16. The monoisotopic (exact) mass is 386 g/mol. The molecule has 0 saturated heterocycles. The van der Waals surface area contributed by atoms with Crippen LogP contribution in [0, 0.1) is 6.92 Å². The molecule has 0 radical (unpaired) electrons. The number of rotatable bonds is 3. The zero-order valence-electron chi connectivity index (χ0n) is 14.8. The van der Waals surface area contributed by atoms with Gasteiger partial charge in [-0.25, -0.2) is 0 Å². The SMILES string of the molecule is COc1cccc(-n2cc(C(=O)N=C(N)N)c3cc(C)ccc3c2=O)c1.Cl. The van der Waals surface area contributed by atoms with Crippen molar-refractivity contribution in [3.63, 3.8) is 0 Å². The zero-order valence-corrected chi connectivity index (χ0v) is 15.6. The number of carbonyl (C=O) groups excluding carboxylic acids is 1. The molecule has 1 heterocycles. The van der Waals surface area contributed by atoms with E-state index in [1.165, 1.54) is 10.8 Å². The van der Waals surface area contributed by atoms with Crippen molar-refractivity contribution in [3.05, 3.63) is 70.1 Å². The second-order valence-corrected chi connectivity index (χ2v) is 5.81. The van der Waals surface area contributed by atoms with E-state index < -0.39 is 5.91 Å². The summed E-state index contributed by atoms with van der Waals surface area (Å²) in [5.41, 5.74) is 12.1. The van der Waals surface area contributed by atoms with Gasteiger partial charge in [0.1, 0.15) is 5.75 Å². The fourth-order valence-electron chi connectivity index (χ4n) is 2.75. The first kappa shape index (κ1) is 20.0. The Bertz CT molecular complexity index is 1100. The van der Waals surface area contributed by atoms with Gasteiger partial charge < -0.3 is 16.2 Å². The second kappa shape index (κ2) is 7.92. The molecule has 0 saturated carbocycles. The van der Waals surface area contributed by atoms with Crippen molar-refractivity contribution < 1.29 is 9.53 Å². The van der Waals surface area contributed by atoms with Gasteiger partial charge in [-0.2, -0.15) is 4.99 Å². The number of pyridine rings is 1. The zero-order chi connectivity index (χ0) is 18.8. The Balaban J connectivity index is 0.00000261. The largest absolute Gasteiger partial charge is 0.497 e. The molecule has 0 aliphatic rings. The molecule has 1 amide bonds. The molecule has 8 heteroatoms. The molecule has 7 nitrogen and oxygen atoms in total. The number of hydrogen-bond donors (Lipinski definition) is 2. The van der Waals surface area contributed by atoms with Crippen molar-refractivity contribution in [2.75, 3.05) is 7.11 Å². The molecule has 0 bridgehead atoms. The third-order valence-corrected chi connectivity index (χ3v) is 3.97. The lowest BCUT2D eigenvalue weighted by molar-refractivity contribution is 0.100. The number of guanidine groups is 1. The van der Waals surface area contributed by atoms with E-state index >= 15 is 0 Å². The van der Waals surface area contributed by atoms with E-state index in [0.717, 1.165) is 5.56 Å². The van der Waals surface area contributed by atoms with E-state index in [1.54, 1.807) is 43.5 Å². The molecule has 27 heavy (non-hydrogen) atoms. The van der Waals surface area contributed by atoms with E-state index in [2.05, 4.69) is 4.99 Å². The predicted molar refractivity (Wildman–Crippen MR) is 108 cm³/mol. The summed E-state index contributed by atoms with van der Waals surface area (Å²) in [7, 11) is 1.54. The first-order valence-electron chi connectivity index (χ1n) is 7.85. The highest BCUT2D eigenvalue weighted by Crippen LogP contribution is 2.22. The molecule has 3 rings (SSSR count). The molecule has 0 spiro atoms. The molecule has 1 aromatic heterocycles. The number of carbonyl (C=O) groups is 1. The molecule has 0 atom stereocenters. The predicted octanol–water partition coefficient (Wildman–Crippen LogP) is 2.14. The van der Waals surface area contributed by atoms with Gasteiger partial charge in [-0.05, 0) is 25.1 Å². The molecule has 4 N–H and O–H groups in total. The second-order valence-electron chi connectivity index (χ2n) is 5.81. The van der Waals surface area contributed by atoms with Crippen molar-refractivity contribution in [1.82, 2.24) is 4.57 Å². The van der Waals surface area contributed by atoms with Crippen LogP contribution >= 0.6 is 12.4 Å². The summed E-state index contributed by atoms with van der Waals surface area (Å²) >= 11 is 0.